The summed E-state index contributed by atoms with van der Waals surface area (Å²) >= 11 is 12.1. The normalized spacial score (nSPS) is 12.3. The molecule has 0 bridgehead atoms. The van der Waals surface area contributed by atoms with Gasteiger partial charge in [-0.05, 0) is 30.2 Å². The van der Waals surface area contributed by atoms with Gasteiger partial charge in [-0.3, -0.25) is 0 Å². The predicted octanol–water partition coefficient (Wildman–Crippen LogP) is 5.12. The zero-order chi connectivity index (χ0) is 14.0. The molecule has 0 saturated heterocycles. The second kappa shape index (κ2) is 5.81. The molecular formula is C15H13Cl2FO. The lowest BCUT2D eigenvalue weighted by atomic mass is 10.0. The average Bonchev–Trinajstić information content (AvgIpc) is 2.41. The summed E-state index contributed by atoms with van der Waals surface area (Å²) in [6.07, 6.45) is 0. The van der Waals surface area contributed by atoms with Gasteiger partial charge in [0.15, 0.2) is 0 Å². The van der Waals surface area contributed by atoms with Crippen LogP contribution < -0.4 is 4.74 Å². The topological polar surface area (TPSA) is 9.23 Å². The van der Waals surface area contributed by atoms with Gasteiger partial charge in [0.25, 0.3) is 0 Å². The van der Waals surface area contributed by atoms with E-state index in [9.17, 15) is 4.39 Å². The van der Waals surface area contributed by atoms with Crippen LogP contribution in [0.4, 0.5) is 4.39 Å². The van der Waals surface area contributed by atoms with Crippen molar-refractivity contribution in [1.29, 1.82) is 0 Å². The molecule has 100 valence electrons. The minimum atomic E-state index is -0.580. The number of halogens is 3. The van der Waals surface area contributed by atoms with Gasteiger partial charge in [0.1, 0.15) is 11.6 Å². The van der Waals surface area contributed by atoms with Crippen molar-refractivity contribution >= 4 is 23.2 Å². The molecule has 19 heavy (non-hydrogen) atoms. The smallest absolute Gasteiger partial charge is 0.146 e. The van der Waals surface area contributed by atoms with Crippen LogP contribution in [-0.2, 0) is 0 Å². The molecule has 2 aromatic rings. The molecule has 0 fully saturated rings. The Labute approximate surface area is 121 Å². The lowest BCUT2D eigenvalue weighted by Crippen LogP contribution is -1.99. The largest absolute Gasteiger partial charge is 0.496 e. The van der Waals surface area contributed by atoms with E-state index in [-0.39, 0.29) is 5.02 Å². The van der Waals surface area contributed by atoms with Gasteiger partial charge in [0.2, 0.25) is 0 Å². The molecule has 2 rings (SSSR count). The fourth-order valence-electron chi connectivity index (χ4n) is 1.96. The number of hydrogen-bond acceptors (Lipinski definition) is 1. The van der Waals surface area contributed by atoms with Crippen molar-refractivity contribution in [3.8, 4) is 5.75 Å². The van der Waals surface area contributed by atoms with Gasteiger partial charge in [0.05, 0.1) is 17.5 Å². The molecular weight excluding hydrogens is 286 g/mol. The molecule has 0 aromatic heterocycles. The number of alkyl halides is 1. The molecule has 1 unspecified atom stereocenters. The van der Waals surface area contributed by atoms with Crippen molar-refractivity contribution in [1.82, 2.24) is 0 Å². The average molecular weight is 299 g/mol. The molecule has 0 saturated carbocycles. The molecule has 0 aliphatic rings. The monoisotopic (exact) mass is 298 g/mol. The van der Waals surface area contributed by atoms with Gasteiger partial charge in [-0.2, -0.15) is 0 Å². The Morgan fingerprint density at radius 2 is 1.95 bits per heavy atom. The van der Waals surface area contributed by atoms with Crippen LogP contribution in [0.25, 0.3) is 0 Å². The summed E-state index contributed by atoms with van der Waals surface area (Å²) in [6.45, 7) is 1.92. The molecule has 0 spiro atoms. The van der Waals surface area contributed by atoms with Gasteiger partial charge in [-0.25, -0.2) is 4.39 Å². The second-order valence-electron chi connectivity index (χ2n) is 4.23. The minimum Gasteiger partial charge on any atom is -0.496 e. The number of benzene rings is 2. The summed E-state index contributed by atoms with van der Waals surface area (Å²) in [5.41, 5.74) is 2.13. The first kappa shape index (κ1) is 14.2. The third-order valence-electron chi connectivity index (χ3n) is 2.97. The van der Waals surface area contributed by atoms with Crippen LogP contribution in [0.15, 0.2) is 36.4 Å². The van der Waals surface area contributed by atoms with E-state index in [0.717, 1.165) is 16.9 Å². The molecule has 1 atom stereocenters. The van der Waals surface area contributed by atoms with Crippen LogP contribution in [-0.4, -0.2) is 7.11 Å². The summed E-state index contributed by atoms with van der Waals surface area (Å²) in [4.78, 5) is 0. The van der Waals surface area contributed by atoms with E-state index in [1.165, 1.54) is 6.07 Å². The van der Waals surface area contributed by atoms with Crippen LogP contribution in [0.5, 0.6) is 5.75 Å². The van der Waals surface area contributed by atoms with E-state index in [1.54, 1.807) is 19.2 Å². The highest BCUT2D eigenvalue weighted by atomic mass is 35.5. The first-order valence-corrected chi connectivity index (χ1v) is 6.58. The Kier molecular flexibility index (Phi) is 4.33. The number of rotatable bonds is 3. The predicted molar refractivity (Wildman–Crippen MR) is 76.8 cm³/mol. The molecule has 2 aromatic carbocycles. The summed E-state index contributed by atoms with van der Waals surface area (Å²) in [5.74, 6) is 0.303. The van der Waals surface area contributed by atoms with E-state index >= 15 is 0 Å². The summed E-state index contributed by atoms with van der Waals surface area (Å²) in [7, 11) is 1.61. The third-order valence-corrected chi connectivity index (χ3v) is 3.75. The van der Waals surface area contributed by atoms with Gasteiger partial charge in [-0.1, -0.05) is 35.9 Å². The van der Waals surface area contributed by atoms with E-state index in [0.29, 0.717) is 5.56 Å². The standard InChI is InChI=1S/C15H13Cl2FO/c1-9-8-10(6-7-13(9)19-2)14(17)11-4-3-5-12(16)15(11)18/h3-8,14H,1-2H3. The lowest BCUT2D eigenvalue weighted by molar-refractivity contribution is 0.411. The summed E-state index contributed by atoms with van der Waals surface area (Å²) in [5, 5.41) is -0.503. The van der Waals surface area contributed by atoms with Crippen LogP contribution in [0, 0.1) is 12.7 Å². The van der Waals surface area contributed by atoms with E-state index in [2.05, 4.69) is 0 Å². The molecule has 0 aliphatic carbocycles. The van der Waals surface area contributed by atoms with Crippen molar-refractivity contribution < 1.29 is 9.13 Å². The van der Waals surface area contributed by atoms with Crippen molar-refractivity contribution in [3.05, 3.63) is 63.9 Å². The fraction of sp³-hybridized carbons (Fsp3) is 0.200. The molecule has 4 heteroatoms. The highest BCUT2D eigenvalue weighted by molar-refractivity contribution is 6.31. The van der Waals surface area contributed by atoms with Crippen LogP contribution in [0.3, 0.4) is 0 Å². The molecule has 1 nitrogen and oxygen atoms in total. The maximum Gasteiger partial charge on any atom is 0.146 e. The fourth-order valence-corrected chi connectivity index (χ4v) is 2.44. The molecule has 0 heterocycles. The minimum absolute atomic E-state index is 0.0772. The Bertz CT molecular complexity index is 599. The maximum atomic E-state index is 13.9. The van der Waals surface area contributed by atoms with Crippen LogP contribution in [0.1, 0.15) is 22.1 Å². The molecule has 0 radical (unpaired) electrons. The maximum absolute atomic E-state index is 13.9. The van der Waals surface area contributed by atoms with Gasteiger partial charge < -0.3 is 4.74 Å². The van der Waals surface area contributed by atoms with E-state index in [1.807, 2.05) is 25.1 Å². The van der Waals surface area contributed by atoms with Crippen molar-refractivity contribution in [2.75, 3.05) is 7.11 Å². The molecule has 0 N–H and O–H groups in total. The Balaban J connectivity index is 2.41. The van der Waals surface area contributed by atoms with Crippen LogP contribution >= 0.6 is 23.2 Å². The number of aryl methyl sites for hydroxylation is 1. The number of hydrogen-bond donors (Lipinski definition) is 0. The van der Waals surface area contributed by atoms with E-state index in [4.69, 9.17) is 27.9 Å². The highest BCUT2D eigenvalue weighted by Gasteiger charge is 2.17. The summed E-state index contributed by atoms with van der Waals surface area (Å²) in [6, 6.07) is 10.4. The SMILES string of the molecule is COc1ccc(C(Cl)c2cccc(Cl)c2F)cc1C. The summed E-state index contributed by atoms with van der Waals surface area (Å²) < 4.78 is 19.1. The quantitative estimate of drug-likeness (QED) is 0.714. The van der Waals surface area contributed by atoms with Crippen molar-refractivity contribution in [2.45, 2.75) is 12.3 Å². The number of ether oxygens (including phenoxy) is 1. The first-order chi connectivity index (χ1) is 9.04. The number of methoxy groups -OCH3 is 1. The molecule has 0 amide bonds. The zero-order valence-electron chi connectivity index (χ0n) is 10.6. The Hall–Kier alpha value is -1.25. The Morgan fingerprint density at radius 3 is 2.58 bits per heavy atom. The lowest BCUT2D eigenvalue weighted by Gasteiger charge is -2.14. The van der Waals surface area contributed by atoms with E-state index < -0.39 is 11.2 Å². The zero-order valence-corrected chi connectivity index (χ0v) is 12.1. The Morgan fingerprint density at radius 1 is 1.21 bits per heavy atom. The van der Waals surface area contributed by atoms with Crippen molar-refractivity contribution in [3.63, 3.8) is 0 Å². The van der Waals surface area contributed by atoms with Gasteiger partial charge >= 0.3 is 0 Å². The van der Waals surface area contributed by atoms with Crippen molar-refractivity contribution in [2.24, 2.45) is 0 Å². The second-order valence-corrected chi connectivity index (χ2v) is 5.08. The van der Waals surface area contributed by atoms with Gasteiger partial charge in [0, 0.05) is 5.56 Å². The highest BCUT2D eigenvalue weighted by Crippen LogP contribution is 2.34. The van der Waals surface area contributed by atoms with Gasteiger partial charge in [-0.15, -0.1) is 11.6 Å². The first-order valence-electron chi connectivity index (χ1n) is 5.77. The van der Waals surface area contributed by atoms with Crippen LogP contribution in [0.2, 0.25) is 5.02 Å². The third kappa shape index (κ3) is 2.85. The molecule has 0 aliphatic heterocycles.